The molecule has 21 heavy (non-hydrogen) atoms. The van der Waals surface area contributed by atoms with Crippen molar-refractivity contribution in [1.82, 2.24) is 4.90 Å². The van der Waals surface area contributed by atoms with Crippen molar-refractivity contribution in [3.63, 3.8) is 0 Å². The Morgan fingerprint density at radius 3 is 2.71 bits per heavy atom. The van der Waals surface area contributed by atoms with E-state index >= 15 is 0 Å². The van der Waals surface area contributed by atoms with Gasteiger partial charge in [-0.25, -0.2) is 0 Å². The molecule has 0 radical (unpaired) electrons. The first-order valence-electron chi connectivity index (χ1n) is 7.51. The first kappa shape index (κ1) is 15.8. The average molecular weight is 289 g/mol. The zero-order chi connectivity index (χ0) is 14.9. The molecule has 1 aliphatic heterocycles. The van der Waals surface area contributed by atoms with E-state index in [2.05, 4.69) is 16.7 Å². The highest BCUT2D eigenvalue weighted by atomic mass is 16.5. The molecule has 2 rings (SSSR count). The highest BCUT2D eigenvalue weighted by Crippen LogP contribution is 2.17. The second-order valence-corrected chi connectivity index (χ2v) is 5.20. The van der Waals surface area contributed by atoms with Crippen molar-refractivity contribution in [2.45, 2.75) is 25.3 Å². The zero-order valence-corrected chi connectivity index (χ0v) is 12.3. The normalized spacial score (nSPS) is 18.9. The number of hydrogen-bond acceptors (Lipinski definition) is 4. The first-order valence-corrected chi connectivity index (χ1v) is 7.51. The van der Waals surface area contributed by atoms with Crippen LogP contribution in [0.15, 0.2) is 24.3 Å². The second-order valence-electron chi connectivity index (χ2n) is 5.20. The molecular formula is C17H23NO3. The van der Waals surface area contributed by atoms with Crippen LogP contribution in [0.3, 0.4) is 0 Å². The predicted octanol–water partition coefficient (Wildman–Crippen LogP) is 1.26. The molecule has 1 aliphatic rings. The monoisotopic (exact) mass is 289 g/mol. The van der Waals surface area contributed by atoms with Crippen molar-refractivity contribution in [1.29, 1.82) is 0 Å². The lowest BCUT2D eigenvalue weighted by molar-refractivity contribution is 0.0773. The third-order valence-corrected chi connectivity index (χ3v) is 3.77. The number of aliphatic hydroxyl groups is 2. The van der Waals surface area contributed by atoms with Gasteiger partial charge in [-0.15, -0.1) is 0 Å². The number of ether oxygens (including phenoxy) is 1. The molecule has 1 heterocycles. The number of nitrogens with zero attached hydrogens (tertiary/aromatic N) is 1. The maximum atomic E-state index is 9.37. The van der Waals surface area contributed by atoms with E-state index in [9.17, 15) is 5.11 Å². The van der Waals surface area contributed by atoms with Crippen LogP contribution in [0.25, 0.3) is 0 Å². The fourth-order valence-corrected chi connectivity index (χ4v) is 2.62. The Morgan fingerprint density at radius 2 is 2.00 bits per heavy atom. The standard InChI is InChI=1S/C17H23NO3/c19-12-3-4-15-6-8-17(9-7-15)21-13-11-18-10-2-1-5-16(18)14-20/h6-9,16,19-20H,1-2,5,10-14H2. The van der Waals surface area contributed by atoms with E-state index in [1.165, 1.54) is 12.8 Å². The Kier molecular flexibility index (Phi) is 6.55. The molecule has 114 valence electrons. The Balaban J connectivity index is 1.77. The lowest BCUT2D eigenvalue weighted by Gasteiger charge is -2.34. The Bertz CT molecular complexity index is 475. The van der Waals surface area contributed by atoms with Gasteiger partial charge < -0.3 is 14.9 Å². The molecule has 1 unspecified atom stereocenters. The molecule has 4 heteroatoms. The summed E-state index contributed by atoms with van der Waals surface area (Å²) in [5.74, 6) is 6.29. The topological polar surface area (TPSA) is 52.9 Å². The smallest absolute Gasteiger partial charge is 0.119 e. The first-order chi connectivity index (χ1) is 10.3. The highest BCUT2D eigenvalue weighted by Gasteiger charge is 2.20. The third-order valence-electron chi connectivity index (χ3n) is 3.77. The lowest BCUT2D eigenvalue weighted by atomic mass is 10.0. The fourth-order valence-electron chi connectivity index (χ4n) is 2.62. The summed E-state index contributed by atoms with van der Waals surface area (Å²) in [7, 11) is 0. The van der Waals surface area contributed by atoms with Crippen LogP contribution < -0.4 is 4.74 Å². The number of benzene rings is 1. The maximum Gasteiger partial charge on any atom is 0.119 e. The number of likely N-dealkylation sites (tertiary alicyclic amines) is 1. The van der Waals surface area contributed by atoms with Crippen molar-refractivity contribution in [2.24, 2.45) is 0 Å². The van der Waals surface area contributed by atoms with Gasteiger partial charge in [-0.1, -0.05) is 18.3 Å². The van der Waals surface area contributed by atoms with E-state index in [0.717, 1.165) is 30.8 Å². The van der Waals surface area contributed by atoms with Crippen molar-refractivity contribution >= 4 is 0 Å². The molecule has 0 saturated carbocycles. The second kappa shape index (κ2) is 8.68. The summed E-state index contributed by atoms with van der Waals surface area (Å²) in [6, 6.07) is 7.84. The summed E-state index contributed by atoms with van der Waals surface area (Å²) in [5.41, 5.74) is 0.868. The van der Waals surface area contributed by atoms with Gasteiger partial charge in [-0.05, 0) is 43.7 Å². The van der Waals surface area contributed by atoms with Gasteiger partial charge in [0.05, 0.1) is 6.61 Å². The molecule has 0 bridgehead atoms. The Morgan fingerprint density at radius 1 is 1.19 bits per heavy atom. The number of piperidine rings is 1. The summed E-state index contributed by atoms with van der Waals surface area (Å²) in [6.45, 7) is 2.62. The summed E-state index contributed by atoms with van der Waals surface area (Å²) < 4.78 is 5.74. The maximum absolute atomic E-state index is 9.37. The van der Waals surface area contributed by atoms with Crippen LogP contribution in [-0.2, 0) is 0 Å². The van der Waals surface area contributed by atoms with Gasteiger partial charge in [0.1, 0.15) is 19.0 Å². The van der Waals surface area contributed by atoms with Gasteiger partial charge in [0, 0.05) is 18.2 Å². The van der Waals surface area contributed by atoms with Gasteiger partial charge >= 0.3 is 0 Å². The van der Waals surface area contributed by atoms with Crippen LogP contribution in [0.1, 0.15) is 24.8 Å². The van der Waals surface area contributed by atoms with Crippen LogP contribution in [-0.4, -0.2) is 54.1 Å². The largest absolute Gasteiger partial charge is 0.492 e. The van der Waals surface area contributed by atoms with E-state index in [0.29, 0.717) is 12.6 Å². The van der Waals surface area contributed by atoms with Crippen molar-refractivity contribution in [2.75, 3.05) is 32.9 Å². The van der Waals surface area contributed by atoms with Gasteiger partial charge in [0.15, 0.2) is 0 Å². The minimum absolute atomic E-state index is 0.125. The molecule has 0 amide bonds. The number of rotatable bonds is 5. The Hall–Kier alpha value is -1.54. The highest BCUT2D eigenvalue weighted by molar-refractivity contribution is 5.38. The molecule has 0 aromatic heterocycles. The zero-order valence-electron chi connectivity index (χ0n) is 12.3. The van der Waals surface area contributed by atoms with Crippen molar-refractivity contribution in [3.05, 3.63) is 29.8 Å². The van der Waals surface area contributed by atoms with Crippen LogP contribution in [0.4, 0.5) is 0 Å². The van der Waals surface area contributed by atoms with E-state index in [1.807, 2.05) is 24.3 Å². The molecule has 1 aromatic carbocycles. The predicted molar refractivity (Wildman–Crippen MR) is 82.2 cm³/mol. The fraction of sp³-hybridized carbons (Fsp3) is 0.529. The number of aliphatic hydroxyl groups excluding tert-OH is 2. The van der Waals surface area contributed by atoms with E-state index in [-0.39, 0.29) is 13.2 Å². The molecule has 0 spiro atoms. The molecular weight excluding hydrogens is 266 g/mol. The van der Waals surface area contributed by atoms with Crippen molar-refractivity contribution < 1.29 is 14.9 Å². The summed E-state index contributed by atoms with van der Waals surface area (Å²) in [4.78, 5) is 2.31. The van der Waals surface area contributed by atoms with E-state index in [1.54, 1.807) is 0 Å². The summed E-state index contributed by atoms with van der Waals surface area (Å²) >= 11 is 0. The summed E-state index contributed by atoms with van der Waals surface area (Å²) in [6.07, 6.45) is 3.49. The third kappa shape index (κ3) is 5.05. The van der Waals surface area contributed by atoms with Crippen LogP contribution in [0.2, 0.25) is 0 Å². The molecule has 1 aromatic rings. The SMILES string of the molecule is OCC#Cc1ccc(OCCN2CCCCC2CO)cc1. The minimum atomic E-state index is -0.125. The van der Waals surface area contributed by atoms with Crippen LogP contribution in [0.5, 0.6) is 5.75 Å². The molecule has 1 saturated heterocycles. The molecule has 1 fully saturated rings. The molecule has 1 atom stereocenters. The Labute approximate surface area is 126 Å². The van der Waals surface area contributed by atoms with E-state index < -0.39 is 0 Å². The van der Waals surface area contributed by atoms with Crippen molar-refractivity contribution in [3.8, 4) is 17.6 Å². The number of hydrogen-bond donors (Lipinski definition) is 2. The minimum Gasteiger partial charge on any atom is -0.492 e. The molecule has 2 N–H and O–H groups in total. The van der Waals surface area contributed by atoms with Gasteiger partial charge in [0.2, 0.25) is 0 Å². The van der Waals surface area contributed by atoms with Crippen LogP contribution >= 0.6 is 0 Å². The van der Waals surface area contributed by atoms with Gasteiger partial charge in [0.25, 0.3) is 0 Å². The molecule has 4 nitrogen and oxygen atoms in total. The van der Waals surface area contributed by atoms with E-state index in [4.69, 9.17) is 9.84 Å². The lowest BCUT2D eigenvalue weighted by Crippen LogP contribution is -2.43. The van der Waals surface area contributed by atoms with Gasteiger partial charge in [-0.2, -0.15) is 0 Å². The van der Waals surface area contributed by atoms with Gasteiger partial charge in [-0.3, -0.25) is 4.90 Å². The molecule has 0 aliphatic carbocycles. The average Bonchev–Trinajstić information content (AvgIpc) is 2.54. The summed E-state index contributed by atoms with van der Waals surface area (Å²) in [5, 5.41) is 18.0. The van der Waals surface area contributed by atoms with Crippen LogP contribution in [0, 0.1) is 11.8 Å². The quantitative estimate of drug-likeness (QED) is 0.801.